The molecule has 0 aromatic heterocycles. The van der Waals surface area contributed by atoms with Crippen LogP contribution in [0.4, 0.5) is 0 Å². The molecule has 0 atom stereocenters. The first-order chi connectivity index (χ1) is 11.7. The number of benzene rings is 1. The number of hydrogen-bond acceptors (Lipinski definition) is 3. The molecule has 0 saturated carbocycles. The molecule has 132 valence electrons. The Bertz CT molecular complexity index is 544. The van der Waals surface area contributed by atoms with Crippen molar-refractivity contribution in [1.82, 2.24) is 9.80 Å². The van der Waals surface area contributed by atoms with Crippen LogP contribution in [0.15, 0.2) is 24.3 Å². The van der Waals surface area contributed by atoms with Gasteiger partial charge in [0.1, 0.15) is 11.9 Å². The van der Waals surface area contributed by atoms with E-state index in [1.165, 1.54) is 19.4 Å². The molecule has 0 aliphatic carbocycles. The number of likely N-dealkylation sites (tertiary alicyclic amines) is 2. The number of hydrogen-bond donors (Lipinski definition) is 0. The molecule has 1 aromatic rings. The lowest BCUT2D eigenvalue weighted by Crippen LogP contribution is -2.54. The first kappa shape index (κ1) is 17.3. The van der Waals surface area contributed by atoms with Crippen LogP contribution in [-0.4, -0.2) is 54.5 Å². The maximum atomic E-state index is 12.5. The number of nitrogens with zero attached hydrogens (tertiary/aromatic N) is 2. The van der Waals surface area contributed by atoms with Crippen LogP contribution in [-0.2, 0) is 0 Å². The summed E-state index contributed by atoms with van der Waals surface area (Å²) in [6.07, 6.45) is 5.00. The van der Waals surface area contributed by atoms with Crippen molar-refractivity contribution in [2.45, 2.75) is 45.6 Å². The standard InChI is InChI=1S/C20H30N2O2/c1-3-16(4-2)13-21-14-19(15-21)24-18-9-7-8-17(12-18)20(23)22-10-5-6-11-22/h7-9,12,16,19H,3-6,10-11,13-15H2,1-2H3. The van der Waals surface area contributed by atoms with Gasteiger partial charge in [0.05, 0.1) is 0 Å². The van der Waals surface area contributed by atoms with E-state index in [-0.39, 0.29) is 12.0 Å². The Morgan fingerprint density at radius 2 is 1.92 bits per heavy atom. The quantitative estimate of drug-likeness (QED) is 0.768. The number of carbonyl (C=O) groups is 1. The van der Waals surface area contributed by atoms with Crippen LogP contribution in [0.25, 0.3) is 0 Å². The van der Waals surface area contributed by atoms with E-state index in [1.54, 1.807) is 0 Å². The summed E-state index contributed by atoms with van der Waals surface area (Å²) in [5.74, 6) is 1.77. The molecule has 0 unspecified atom stereocenters. The lowest BCUT2D eigenvalue weighted by molar-refractivity contribution is 0.00936. The van der Waals surface area contributed by atoms with E-state index in [0.717, 1.165) is 56.3 Å². The molecule has 0 N–H and O–H groups in total. The third kappa shape index (κ3) is 4.10. The summed E-state index contributed by atoms with van der Waals surface area (Å²) in [5.41, 5.74) is 0.752. The number of ether oxygens (including phenoxy) is 1. The Kier molecular flexibility index (Phi) is 5.77. The molecule has 4 heteroatoms. The summed E-state index contributed by atoms with van der Waals surface area (Å²) in [5, 5.41) is 0. The molecule has 2 saturated heterocycles. The summed E-state index contributed by atoms with van der Waals surface area (Å²) < 4.78 is 6.07. The third-order valence-electron chi connectivity index (χ3n) is 5.37. The van der Waals surface area contributed by atoms with Gasteiger partial charge in [-0.15, -0.1) is 0 Å². The zero-order valence-electron chi connectivity index (χ0n) is 15.0. The average Bonchev–Trinajstić information content (AvgIpc) is 3.11. The lowest BCUT2D eigenvalue weighted by atomic mass is 10.0. The Morgan fingerprint density at radius 3 is 2.58 bits per heavy atom. The zero-order valence-corrected chi connectivity index (χ0v) is 15.0. The van der Waals surface area contributed by atoms with Gasteiger partial charge in [-0.3, -0.25) is 9.69 Å². The van der Waals surface area contributed by atoms with Crippen molar-refractivity contribution in [3.05, 3.63) is 29.8 Å². The van der Waals surface area contributed by atoms with Crippen LogP contribution in [0, 0.1) is 5.92 Å². The largest absolute Gasteiger partial charge is 0.488 e. The second-order valence-corrected chi connectivity index (χ2v) is 7.17. The van der Waals surface area contributed by atoms with Crippen LogP contribution in [0.5, 0.6) is 5.75 Å². The molecule has 3 rings (SSSR count). The highest BCUT2D eigenvalue weighted by Gasteiger charge is 2.29. The van der Waals surface area contributed by atoms with Gasteiger partial charge in [-0.25, -0.2) is 0 Å². The number of rotatable bonds is 7. The molecule has 2 aliphatic rings. The molecule has 2 aliphatic heterocycles. The van der Waals surface area contributed by atoms with Gasteiger partial charge in [0.2, 0.25) is 0 Å². The molecule has 0 bridgehead atoms. The summed E-state index contributed by atoms with van der Waals surface area (Å²) in [4.78, 5) is 16.9. The monoisotopic (exact) mass is 330 g/mol. The van der Waals surface area contributed by atoms with Crippen molar-refractivity contribution in [1.29, 1.82) is 0 Å². The highest BCUT2D eigenvalue weighted by Crippen LogP contribution is 2.22. The topological polar surface area (TPSA) is 32.8 Å². The molecule has 4 nitrogen and oxygen atoms in total. The van der Waals surface area contributed by atoms with Gasteiger partial charge in [-0.2, -0.15) is 0 Å². The molecule has 24 heavy (non-hydrogen) atoms. The fourth-order valence-corrected chi connectivity index (χ4v) is 3.66. The van der Waals surface area contributed by atoms with Gasteiger partial charge >= 0.3 is 0 Å². The molecule has 2 heterocycles. The van der Waals surface area contributed by atoms with E-state index >= 15 is 0 Å². The van der Waals surface area contributed by atoms with E-state index in [1.807, 2.05) is 29.2 Å². The van der Waals surface area contributed by atoms with E-state index < -0.39 is 0 Å². The maximum absolute atomic E-state index is 12.5. The van der Waals surface area contributed by atoms with Crippen molar-refractivity contribution >= 4 is 5.91 Å². The fourth-order valence-electron chi connectivity index (χ4n) is 3.66. The zero-order chi connectivity index (χ0) is 16.9. The molecule has 0 spiro atoms. The average molecular weight is 330 g/mol. The van der Waals surface area contributed by atoms with Crippen LogP contribution >= 0.6 is 0 Å². The van der Waals surface area contributed by atoms with E-state index in [4.69, 9.17) is 4.74 Å². The SMILES string of the molecule is CCC(CC)CN1CC(Oc2cccc(C(=O)N3CCCC3)c2)C1. The summed E-state index contributed by atoms with van der Waals surface area (Å²) in [7, 11) is 0. The van der Waals surface area contributed by atoms with E-state index in [9.17, 15) is 4.79 Å². The minimum Gasteiger partial charge on any atom is -0.488 e. The summed E-state index contributed by atoms with van der Waals surface area (Å²) in [6, 6.07) is 7.70. The van der Waals surface area contributed by atoms with Crippen LogP contribution < -0.4 is 4.74 Å². The lowest BCUT2D eigenvalue weighted by Gasteiger charge is -2.40. The minimum atomic E-state index is 0.141. The Labute approximate surface area is 145 Å². The van der Waals surface area contributed by atoms with Gasteiger partial charge < -0.3 is 9.64 Å². The van der Waals surface area contributed by atoms with Gasteiger partial charge in [0, 0.05) is 38.3 Å². The predicted octanol–water partition coefficient (Wildman–Crippen LogP) is 3.42. The summed E-state index contributed by atoms with van der Waals surface area (Å²) >= 11 is 0. The van der Waals surface area contributed by atoms with Gasteiger partial charge in [-0.1, -0.05) is 32.8 Å². The summed E-state index contributed by atoms with van der Waals surface area (Å²) in [6.45, 7) is 9.49. The highest BCUT2D eigenvalue weighted by molar-refractivity contribution is 5.94. The van der Waals surface area contributed by atoms with Gasteiger partial charge in [-0.05, 0) is 37.0 Å². The minimum absolute atomic E-state index is 0.141. The smallest absolute Gasteiger partial charge is 0.253 e. The second kappa shape index (κ2) is 8.02. The van der Waals surface area contributed by atoms with Gasteiger partial charge in [0.15, 0.2) is 0 Å². The Hall–Kier alpha value is -1.55. The number of carbonyl (C=O) groups excluding carboxylic acids is 1. The molecule has 2 fully saturated rings. The first-order valence-electron chi connectivity index (χ1n) is 9.48. The second-order valence-electron chi connectivity index (χ2n) is 7.17. The normalized spacial score (nSPS) is 18.9. The van der Waals surface area contributed by atoms with Crippen molar-refractivity contribution in [2.24, 2.45) is 5.92 Å². The first-order valence-corrected chi connectivity index (χ1v) is 9.48. The van der Waals surface area contributed by atoms with Crippen LogP contribution in [0.1, 0.15) is 49.9 Å². The van der Waals surface area contributed by atoms with Crippen molar-refractivity contribution < 1.29 is 9.53 Å². The molecule has 1 aromatic carbocycles. The number of amides is 1. The van der Waals surface area contributed by atoms with Crippen LogP contribution in [0.3, 0.4) is 0 Å². The highest BCUT2D eigenvalue weighted by atomic mass is 16.5. The van der Waals surface area contributed by atoms with E-state index in [2.05, 4.69) is 18.7 Å². The molecule has 0 radical (unpaired) electrons. The molecular formula is C20H30N2O2. The third-order valence-corrected chi connectivity index (χ3v) is 5.37. The predicted molar refractivity (Wildman–Crippen MR) is 96.5 cm³/mol. The van der Waals surface area contributed by atoms with E-state index in [0.29, 0.717) is 0 Å². The fraction of sp³-hybridized carbons (Fsp3) is 0.650. The van der Waals surface area contributed by atoms with Crippen molar-refractivity contribution in [3.8, 4) is 5.75 Å². The van der Waals surface area contributed by atoms with Gasteiger partial charge in [0.25, 0.3) is 5.91 Å². The molecule has 1 amide bonds. The Morgan fingerprint density at radius 1 is 1.21 bits per heavy atom. The molecular weight excluding hydrogens is 300 g/mol. The van der Waals surface area contributed by atoms with Crippen molar-refractivity contribution in [2.75, 3.05) is 32.7 Å². The maximum Gasteiger partial charge on any atom is 0.253 e. The van der Waals surface area contributed by atoms with Crippen LogP contribution in [0.2, 0.25) is 0 Å². The van der Waals surface area contributed by atoms with Crippen molar-refractivity contribution in [3.63, 3.8) is 0 Å². The Balaban J connectivity index is 1.50.